The molecule has 0 radical (unpaired) electrons. The zero-order valence-electron chi connectivity index (χ0n) is 11.0. The van der Waals surface area contributed by atoms with E-state index in [9.17, 15) is 0 Å². The Kier molecular flexibility index (Phi) is 4.11. The number of rotatable bonds is 3. The molecule has 0 spiro atoms. The number of hydrogen-bond acceptors (Lipinski definition) is 5. The highest BCUT2D eigenvalue weighted by Gasteiger charge is 2.20. The first-order valence-corrected chi connectivity index (χ1v) is 7.49. The minimum absolute atomic E-state index is 0.469. The summed E-state index contributed by atoms with van der Waals surface area (Å²) in [6.07, 6.45) is 7.35. The van der Waals surface area contributed by atoms with Gasteiger partial charge in [-0.2, -0.15) is 0 Å². The first-order chi connectivity index (χ1) is 9.81. The highest BCUT2D eigenvalue weighted by atomic mass is 79.9. The monoisotopic (exact) mass is 333 g/mol. The highest BCUT2D eigenvalue weighted by molar-refractivity contribution is 9.10. The Hall–Kier alpha value is -1.69. The van der Waals surface area contributed by atoms with Crippen molar-refractivity contribution in [1.82, 2.24) is 15.0 Å². The normalized spacial score (nSPS) is 16.1. The summed E-state index contributed by atoms with van der Waals surface area (Å²) in [6.45, 7) is 2.02. The molecule has 3 heterocycles. The average molecular weight is 334 g/mol. The Balaban J connectivity index is 1.55. The second-order valence-electron chi connectivity index (χ2n) is 4.83. The van der Waals surface area contributed by atoms with Crippen LogP contribution in [-0.2, 0) is 0 Å². The van der Waals surface area contributed by atoms with Crippen molar-refractivity contribution in [2.24, 2.45) is 0 Å². The fourth-order valence-electron chi connectivity index (χ4n) is 2.39. The summed E-state index contributed by atoms with van der Waals surface area (Å²) in [4.78, 5) is 14.9. The first-order valence-electron chi connectivity index (χ1n) is 6.70. The van der Waals surface area contributed by atoms with Crippen molar-refractivity contribution in [3.05, 3.63) is 41.4 Å². The Morgan fingerprint density at radius 2 is 2.00 bits per heavy atom. The van der Waals surface area contributed by atoms with Gasteiger partial charge in [-0.3, -0.25) is 0 Å². The van der Waals surface area contributed by atoms with Crippen LogP contribution in [0, 0.1) is 0 Å². The number of anilines is 2. The van der Waals surface area contributed by atoms with Gasteiger partial charge in [0.15, 0.2) is 0 Å². The number of nitrogens with one attached hydrogen (secondary N) is 1. The van der Waals surface area contributed by atoms with Gasteiger partial charge < -0.3 is 10.2 Å². The van der Waals surface area contributed by atoms with Crippen LogP contribution in [0.25, 0.3) is 0 Å². The van der Waals surface area contributed by atoms with Crippen LogP contribution < -0.4 is 10.2 Å². The van der Waals surface area contributed by atoms with Crippen molar-refractivity contribution in [2.75, 3.05) is 23.3 Å². The van der Waals surface area contributed by atoms with Crippen molar-refractivity contribution >= 4 is 27.6 Å². The van der Waals surface area contributed by atoms with Crippen LogP contribution in [0.1, 0.15) is 12.8 Å². The van der Waals surface area contributed by atoms with E-state index in [-0.39, 0.29) is 0 Å². The van der Waals surface area contributed by atoms with Crippen LogP contribution in [-0.4, -0.2) is 34.1 Å². The van der Waals surface area contributed by atoms with Gasteiger partial charge in [-0.25, -0.2) is 15.0 Å². The SMILES string of the molecule is Brc1ccc(N2CCC(Nc3ccncn3)CC2)nc1. The second kappa shape index (κ2) is 6.17. The molecule has 0 saturated carbocycles. The van der Waals surface area contributed by atoms with Crippen LogP contribution in [0.2, 0.25) is 0 Å². The van der Waals surface area contributed by atoms with Gasteiger partial charge in [-0.05, 0) is 47.0 Å². The number of pyridine rings is 1. The first kappa shape index (κ1) is 13.3. The standard InChI is InChI=1S/C14H16BrN5/c15-11-1-2-14(17-9-11)20-7-4-12(5-8-20)19-13-3-6-16-10-18-13/h1-3,6,9-10,12H,4-5,7-8H2,(H,16,18,19). The minimum Gasteiger partial charge on any atom is -0.367 e. The van der Waals surface area contributed by atoms with E-state index in [0.29, 0.717) is 6.04 Å². The third kappa shape index (κ3) is 3.25. The van der Waals surface area contributed by atoms with Crippen molar-refractivity contribution in [3.8, 4) is 0 Å². The van der Waals surface area contributed by atoms with Gasteiger partial charge >= 0.3 is 0 Å². The van der Waals surface area contributed by atoms with E-state index < -0.39 is 0 Å². The molecule has 0 amide bonds. The Bertz CT molecular complexity index is 537. The molecule has 2 aromatic rings. The summed E-state index contributed by atoms with van der Waals surface area (Å²) in [6, 6.07) is 6.47. The van der Waals surface area contributed by atoms with Crippen molar-refractivity contribution in [3.63, 3.8) is 0 Å². The fraction of sp³-hybridized carbons (Fsp3) is 0.357. The van der Waals surface area contributed by atoms with Gasteiger partial charge in [-0.15, -0.1) is 0 Å². The second-order valence-corrected chi connectivity index (χ2v) is 5.75. The molecule has 1 aliphatic rings. The van der Waals surface area contributed by atoms with E-state index in [2.05, 4.69) is 47.2 Å². The third-order valence-electron chi connectivity index (χ3n) is 3.46. The van der Waals surface area contributed by atoms with Crippen LogP contribution in [0.4, 0.5) is 11.6 Å². The Morgan fingerprint density at radius 3 is 2.65 bits per heavy atom. The van der Waals surface area contributed by atoms with Gasteiger partial charge in [-0.1, -0.05) is 0 Å². The van der Waals surface area contributed by atoms with Crippen LogP contribution in [0.5, 0.6) is 0 Å². The molecule has 3 rings (SSSR count). The summed E-state index contributed by atoms with van der Waals surface area (Å²) in [5, 5.41) is 3.46. The van der Waals surface area contributed by atoms with Gasteiger partial charge in [0.05, 0.1) is 0 Å². The number of hydrogen-bond donors (Lipinski definition) is 1. The summed E-state index contributed by atoms with van der Waals surface area (Å²) in [7, 11) is 0. The topological polar surface area (TPSA) is 53.9 Å². The van der Waals surface area contributed by atoms with Gasteiger partial charge in [0.1, 0.15) is 18.0 Å². The van der Waals surface area contributed by atoms with E-state index in [0.717, 1.165) is 42.0 Å². The molecule has 0 bridgehead atoms. The van der Waals surface area contributed by atoms with E-state index >= 15 is 0 Å². The molecule has 1 N–H and O–H groups in total. The average Bonchev–Trinajstić information content (AvgIpc) is 2.50. The highest BCUT2D eigenvalue weighted by Crippen LogP contribution is 2.21. The van der Waals surface area contributed by atoms with Crippen LogP contribution in [0.3, 0.4) is 0 Å². The lowest BCUT2D eigenvalue weighted by molar-refractivity contribution is 0.522. The maximum Gasteiger partial charge on any atom is 0.129 e. The fourth-order valence-corrected chi connectivity index (χ4v) is 2.63. The molecule has 0 aliphatic carbocycles. The van der Waals surface area contributed by atoms with Crippen LogP contribution in [0.15, 0.2) is 41.4 Å². The van der Waals surface area contributed by atoms with Crippen molar-refractivity contribution in [1.29, 1.82) is 0 Å². The molecule has 1 saturated heterocycles. The molecule has 20 heavy (non-hydrogen) atoms. The molecular formula is C14H16BrN5. The van der Waals surface area contributed by atoms with E-state index in [1.807, 2.05) is 18.3 Å². The zero-order valence-corrected chi connectivity index (χ0v) is 12.6. The smallest absolute Gasteiger partial charge is 0.129 e. The molecule has 1 aliphatic heterocycles. The maximum absolute atomic E-state index is 4.45. The molecule has 104 valence electrons. The molecule has 1 fully saturated rings. The number of aromatic nitrogens is 3. The van der Waals surface area contributed by atoms with E-state index in [1.165, 1.54) is 0 Å². The summed E-state index contributed by atoms with van der Waals surface area (Å²) < 4.78 is 1.02. The Morgan fingerprint density at radius 1 is 1.15 bits per heavy atom. The number of nitrogens with zero attached hydrogens (tertiary/aromatic N) is 4. The zero-order chi connectivity index (χ0) is 13.8. The molecule has 0 unspecified atom stereocenters. The largest absolute Gasteiger partial charge is 0.367 e. The van der Waals surface area contributed by atoms with E-state index in [1.54, 1.807) is 12.5 Å². The van der Waals surface area contributed by atoms with Crippen molar-refractivity contribution in [2.45, 2.75) is 18.9 Å². The molecule has 2 aromatic heterocycles. The van der Waals surface area contributed by atoms with Crippen molar-refractivity contribution < 1.29 is 0 Å². The summed E-state index contributed by atoms with van der Waals surface area (Å²) in [5.41, 5.74) is 0. The summed E-state index contributed by atoms with van der Waals surface area (Å²) >= 11 is 3.41. The molecule has 6 heteroatoms. The summed E-state index contributed by atoms with van der Waals surface area (Å²) in [5.74, 6) is 1.95. The maximum atomic E-state index is 4.45. The number of piperidine rings is 1. The lowest BCUT2D eigenvalue weighted by Gasteiger charge is -2.33. The minimum atomic E-state index is 0.469. The molecular weight excluding hydrogens is 318 g/mol. The molecule has 5 nitrogen and oxygen atoms in total. The lowest BCUT2D eigenvalue weighted by Crippen LogP contribution is -2.39. The van der Waals surface area contributed by atoms with Crippen LogP contribution >= 0.6 is 15.9 Å². The molecule has 0 aromatic carbocycles. The quantitative estimate of drug-likeness (QED) is 0.935. The van der Waals surface area contributed by atoms with Gasteiger partial charge in [0.2, 0.25) is 0 Å². The predicted molar refractivity (Wildman–Crippen MR) is 82.8 cm³/mol. The Labute approximate surface area is 126 Å². The van der Waals surface area contributed by atoms with E-state index in [4.69, 9.17) is 0 Å². The predicted octanol–water partition coefficient (Wildman–Crippen LogP) is 2.72. The third-order valence-corrected chi connectivity index (χ3v) is 3.93. The van der Waals surface area contributed by atoms with Gasteiger partial charge in [0.25, 0.3) is 0 Å². The number of halogens is 1. The molecule has 0 atom stereocenters. The van der Waals surface area contributed by atoms with Gasteiger partial charge in [0, 0.05) is 36.0 Å². The lowest BCUT2D eigenvalue weighted by atomic mass is 10.1.